The van der Waals surface area contributed by atoms with E-state index in [1.165, 1.54) is 81.7 Å². The Kier molecular flexibility index (Phi) is 14.7. The molecule has 13 aromatic carbocycles. The molecule has 0 radical (unpaired) electrons. The lowest BCUT2D eigenvalue weighted by Crippen LogP contribution is -2.44. The van der Waals surface area contributed by atoms with Gasteiger partial charge >= 0.3 is 0 Å². The van der Waals surface area contributed by atoms with E-state index in [1.807, 2.05) is 12.3 Å². The quantitative estimate of drug-likeness (QED) is 0.0945. The third-order valence-electron chi connectivity index (χ3n) is 23.0. The van der Waals surface area contributed by atoms with Gasteiger partial charge in [-0.1, -0.05) is 231 Å². The van der Waals surface area contributed by atoms with Crippen LogP contribution in [0, 0.1) is 6.92 Å². The number of fused-ring (bicyclic) bond motifs is 15. The van der Waals surface area contributed by atoms with Crippen LogP contribution in [0.3, 0.4) is 0 Å². The maximum Gasteiger partial charge on any atom is 0.159 e. The monoisotopic (exact) mass is 1370 g/mol. The Bertz CT molecular complexity index is 6580. The highest BCUT2D eigenvalue weighted by Gasteiger charge is 2.36. The predicted molar refractivity (Wildman–Crippen MR) is 447 cm³/mol. The number of anilines is 7. The van der Waals surface area contributed by atoms with Gasteiger partial charge in [-0.2, -0.15) is 0 Å². The second kappa shape index (κ2) is 25.2. The van der Waals surface area contributed by atoms with E-state index in [-0.39, 0.29) is 6.04 Å². The Morgan fingerprint density at radius 2 is 1.25 bits per heavy atom. The number of aliphatic imine (C=N–C) groups is 1. The van der Waals surface area contributed by atoms with Crippen LogP contribution in [0.15, 0.2) is 324 Å². The maximum atomic E-state index is 8.11. The second-order valence-corrected chi connectivity index (χ2v) is 29.2. The van der Waals surface area contributed by atoms with Crippen LogP contribution < -0.4 is 34.9 Å². The van der Waals surface area contributed by atoms with Gasteiger partial charge in [-0.05, 0) is 170 Å². The van der Waals surface area contributed by atoms with Crippen molar-refractivity contribution in [1.29, 1.82) is 0 Å². The average molecular weight is 1370 g/mol. The van der Waals surface area contributed by atoms with Crippen molar-refractivity contribution in [1.82, 2.24) is 0 Å². The molecule has 6 aliphatic rings. The third-order valence-corrected chi connectivity index (χ3v) is 23.0. The van der Waals surface area contributed by atoms with Gasteiger partial charge in [-0.3, -0.25) is 4.99 Å². The minimum absolute atomic E-state index is 0.164. The number of rotatable bonds is 11. The molecule has 6 heterocycles. The molecule has 1 unspecified atom stereocenters. The van der Waals surface area contributed by atoms with Gasteiger partial charge in [0, 0.05) is 110 Å². The van der Waals surface area contributed by atoms with Gasteiger partial charge in [0.15, 0.2) is 5.58 Å². The van der Waals surface area contributed by atoms with Crippen LogP contribution in [0.2, 0.25) is 0 Å². The Morgan fingerprint density at radius 1 is 0.491 bits per heavy atom. The summed E-state index contributed by atoms with van der Waals surface area (Å²) in [6.07, 6.45) is 39.3. The second-order valence-electron chi connectivity index (χ2n) is 29.2. The van der Waals surface area contributed by atoms with E-state index >= 15 is 0 Å². The van der Waals surface area contributed by atoms with Gasteiger partial charge in [0.05, 0.1) is 39.9 Å². The average Bonchev–Trinajstić information content (AvgIpc) is 1.39. The van der Waals surface area contributed by atoms with E-state index in [2.05, 4.69) is 341 Å². The van der Waals surface area contributed by atoms with E-state index in [4.69, 9.17) is 13.8 Å². The zero-order valence-electron chi connectivity index (χ0n) is 58.9. The Morgan fingerprint density at radius 3 is 2.07 bits per heavy atom. The fraction of sp³-hybridized carbons (Fsp3) is 0.112. The first-order valence-corrected chi connectivity index (χ1v) is 37.5. The first-order valence-electron chi connectivity index (χ1n) is 37.5. The number of benzene rings is 13. The molecule has 1 atom stereocenters. The van der Waals surface area contributed by atoms with Crippen molar-refractivity contribution in [3.63, 3.8) is 0 Å². The lowest BCUT2D eigenvalue weighted by Gasteiger charge is -2.37. The molecule has 1 saturated carbocycles. The third kappa shape index (κ3) is 10.1. The number of hydrogen-bond donors (Lipinski definition) is 0. The zero-order chi connectivity index (χ0) is 69.9. The van der Waals surface area contributed by atoms with E-state index in [0.717, 1.165) is 138 Å². The van der Waals surface area contributed by atoms with Crippen LogP contribution in [0.1, 0.15) is 54.7 Å². The van der Waals surface area contributed by atoms with Crippen LogP contribution in [0.5, 0.6) is 0 Å². The molecule has 1 fully saturated rings. The van der Waals surface area contributed by atoms with E-state index in [0.29, 0.717) is 25.7 Å². The molecule has 0 amide bonds. The van der Waals surface area contributed by atoms with E-state index in [9.17, 15) is 0 Å². The molecule has 0 spiro atoms. The van der Waals surface area contributed by atoms with Gasteiger partial charge in [0.25, 0.3) is 0 Å². The highest BCUT2D eigenvalue weighted by Crippen LogP contribution is 2.59. The minimum atomic E-state index is -0.164. The van der Waals surface area contributed by atoms with Crippen LogP contribution in [0.25, 0.3) is 127 Å². The van der Waals surface area contributed by atoms with Crippen LogP contribution in [-0.2, 0) is 0 Å². The number of aryl methyl sites for hydroxylation is 1. The Hall–Kier alpha value is -12.9. The Labute approximate surface area is 614 Å². The van der Waals surface area contributed by atoms with Crippen LogP contribution >= 0.6 is 0 Å². The van der Waals surface area contributed by atoms with Gasteiger partial charge in [-0.25, -0.2) is 0 Å². The molecule has 8 nitrogen and oxygen atoms in total. The summed E-state index contributed by atoms with van der Waals surface area (Å²) >= 11 is 0. The summed E-state index contributed by atoms with van der Waals surface area (Å²) in [5, 5.41) is 15.2. The summed E-state index contributed by atoms with van der Waals surface area (Å²) in [4.78, 5) is 17.0. The topological polar surface area (TPSA) is 54.8 Å². The van der Waals surface area contributed by atoms with Crippen molar-refractivity contribution in [3.05, 3.63) is 337 Å². The van der Waals surface area contributed by atoms with Gasteiger partial charge < -0.3 is 33.3 Å². The fourth-order valence-electron chi connectivity index (χ4n) is 18.2. The van der Waals surface area contributed by atoms with Gasteiger partial charge in [-0.15, -0.1) is 0 Å². The summed E-state index contributed by atoms with van der Waals surface area (Å²) in [5.74, 6) is 0.454. The normalized spacial score (nSPS) is 16.4. The molecule has 2 aromatic heterocycles. The molecular weight excluding hydrogens is 1290 g/mol. The first-order chi connectivity index (χ1) is 52.5. The molecular formula is C98H74N6O2. The standard InChI is InChI=1S/C98H74N6O2/c1-63-43-45-75-70(54-63)61-103(85-42-20-19-39-77(75)85)87-58-84-93(98-90(87)79-46-44-72(57-89(79)105-98)102-53-25-49-99-62-102)91-83(59-88(101-52-24-34-69(60-101)64-26-7-2-8-27-64)97-92(91)80-41-23-40-78(96(80)106-97)76-38-18-17-37-73(76)65-28-9-3-10-29-65)94(100-50-21-6-22-51-100)95(84)104(71-35-13-5-14-36-71)86-48-47-74(66-30-11-4-12-31-66)81-55-67-32-15-16-33-68(67)56-82(81)86/h2,4-8,11-27,30-50,52-59,61,65,85H,3,9-10,28-29,51,60,62H2,1H3. The molecule has 2 aliphatic carbocycles. The van der Waals surface area contributed by atoms with Gasteiger partial charge in [0.1, 0.15) is 23.4 Å². The van der Waals surface area contributed by atoms with Crippen molar-refractivity contribution < 1.29 is 8.83 Å². The van der Waals surface area contributed by atoms with Crippen molar-refractivity contribution in [2.45, 2.75) is 51.0 Å². The largest absolute Gasteiger partial charge is 0.455 e. The lowest BCUT2D eigenvalue weighted by atomic mass is 9.80. The first kappa shape index (κ1) is 61.7. The molecule has 0 N–H and O–H groups in total. The number of hydrogen-bond acceptors (Lipinski definition) is 8. The highest BCUT2D eigenvalue weighted by atomic mass is 16.3. The molecule has 106 heavy (non-hydrogen) atoms. The lowest BCUT2D eigenvalue weighted by molar-refractivity contribution is 0.444. The molecule has 21 rings (SSSR count). The van der Waals surface area contributed by atoms with Crippen LogP contribution in [-0.4, -0.2) is 32.0 Å². The number of nitrogens with zero attached hydrogens (tertiary/aromatic N) is 6. The Balaban J connectivity index is 0.986. The molecule has 508 valence electrons. The summed E-state index contributed by atoms with van der Waals surface area (Å²) in [6.45, 7) is 3.91. The predicted octanol–water partition coefficient (Wildman–Crippen LogP) is 23.8. The highest BCUT2D eigenvalue weighted by molar-refractivity contribution is 6.41. The van der Waals surface area contributed by atoms with Crippen molar-refractivity contribution in [3.8, 4) is 22.3 Å². The number of para-hydroxylation sites is 2. The minimum Gasteiger partial charge on any atom is -0.455 e. The molecule has 0 bridgehead atoms. The molecule has 15 aromatic rings. The summed E-state index contributed by atoms with van der Waals surface area (Å²) in [7, 11) is 0. The number of allylic oxidation sites excluding steroid dienone is 7. The van der Waals surface area contributed by atoms with Crippen molar-refractivity contribution in [2.75, 3.05) is 44.3 Å². The fourth-order valence-corrected chi connectivity index (χ4v) is 18.2. The summed E-state index contributed by atoms with van der Waals surface area (Å²) < 4.78 is 16.2. The smallest absolute Gasteiger partial charge is 0.159 e. The van der Waals surface area contributed by atoms with E-state index < -0.39 is 0 Å². The van der Waals surface area contributed by atoms with Crippen molar-refractivity contribution >= 4 is 150 Å². The maximum absolute atomic E-state index is 8.11. The molecule has 0 saturated heterocycles. The zero-order valence-corrected chi connectivity index (χ0v) is 58.9. The van der Waals surface area contributed by atoms with E-state index in [1.54, 1.807) is 0 Å². The number of furan rings is 2. The van der Waals surface area contributed by atoms with Crippen LogP contribution in [0.4, 0.5) is 39.8 Å². The molecule has 8 heteroatoms. The SMILES string of the molecule is Cc1ccc2c(c1)=CN(c1cc3c(N(c4ccccc4)c4ccc(-c5ccccc5)c5cc6ccccc6cc45)c(N4C=CC=CC4)c4cc(N5C=CC=C(c6ccccc6)C5)c5oc6c(-c7ccccc7C7CCCCC7)cccc6c5c4c3c3oc4cc(N5C=CC=NC5)ccc4c13)C1C=CC=CC=21. The van der Waals surface area contributed by atoms with Gasteiger partial charge in [0.2, 0.25) is 0 Å². The summed E-state index contributed by atoms with van der Waals surface area (Å²) in [6, 6.07) is 86.0. The van der Waals surface area contributed by atoms with Crippen molar-refractivity contribution in [2.24, 2.45) is 4.99 Å². The summed E-state index contributed by atoms with van der Waals surface area (Å²) in [5.41, 5.74) is 21.2. The molecule has 4 aliphatic heterocycles.